The first kappa shape index (κ1) is 117. The van der Waals surface area contributed by atoms with Crippen molar-refractivity contribution in [1.29, 1.82) is 0 Å². The van der Waals surface area contributed by atoms with Gasteiger partial charge in [-0.15, -0.1) is 0 Å². The van der Waals surface area contributed by atoms with Crippen molar-refractivity contribution in [2.75, 3.05) is 6.61 Å². The van der Waals surface area contributed by atoms with Gasteiger partial charge >= 0.3 is 0 Å². The van der Waals surface area contributed by atoms with E-state index in [1.165, 1.54) is 165 Å². The van der Waals surface area contributed by atoms with Gasteiger partial charge in [0.15, 0.2) is 0 Å². The Morgan fingerprint density at radius 1 is 0.240 bits per heavy atom. The van der Waals surface area contributed by atoms with Gasteiger partial charge < -0.3 is 18.9 Å². The Kier molecular flexibility index (Phi) is 41.2. The van der Waals surface area contributed by atoms with Crippen LogP contribution in [0, 0.1) is 136 Å². The summed E-state index contributed by atoms with van der Waals surface area (Å²) in [6.07, 6.45) is 16.5. The van der Waals surface area contributed by atoms with E-state index in [1.807, 2.05) is 0 Å². The van der Waals surface area contributed by atoms with Gasteiger partial charge in [0.05, 0.1) is 25.4 Å². The van der Waals surface area contributed by atoms with E-state index in [9.17, 15) is 0 Å². The van der Waals surface area contributed by atoms with Crippen LogP contribution in [0.5, 0.6) is 17.2 Å². The Labute approximate surface area is 914 Å². The average molecular weight is 2020 g/mol. The fourth-order valence-corrected chi connectivity index (χ4v) is 25.9. The third-order valence-electron chi connectivity index (χ3n) is 37.6. The van der Waals surface area contributed by atoms with Gasteiger partial charge in [0.2, 0.25) is 0 Å². The lowest BCUT2D eigenvalue weighted by molar-refractivity contribution is 0.0241. The maximum atomic E-state index is 5.76. The number of rotatable bonds is 1. The molecule has 0 spiro atoms. The summed E-state index contributed by atoms with van der Waals surface area (Å²) in [5.41, 5.74) is 48.9. The third-order valence-corrected chi connectivity index (χ3v) is 37.6. The number of hydrogen-bond acceptors (Lipinski definition) is 4. The molecule has 24 atom stereocenters. The van der Waals surface area contributed by atoms with Gasteiger partial charge in [-0.3, -0.25) is 0 Å². The predicted molar refractivity (Wildman–Crippen MR) is 646 cm³/mol. The molecule has 12 aromatic rings. The molecule has 150 heavy (non-hydrogen) atoms. The van der Waals surface area contributed by atoms with Crippen molar-refractivity contribution in [3.63, 3.8) is 0 Å². The largest absolute Gasteiger partial charge is 0.493 e. The van der Waals surface area contributed by atoms with Gasteiger partial charge in [0, 0.05) is 17.4 Å². The molecule has 12 aromatic carbocycles. The number of aryl methyl sites for hydroxylation is 13. The maximum Gasteiger partial charge on any atom is 0.123 e. The zero-order valence-electron chi connectivity index (χ0n) is 100. The Morgan fingerprint density at radius 2 is 0.580 bits per heavy atom. The first-order chi connectivity index (χ1) is 71.2. The summed E-state index contributed by atoms with van der Waals surface area (Å²) in [4.78, 5) is 0. The summed E-state index contributed by atoms with van der Waals surface area (Å²) >= 11 is 0. The molecular weight excluding hydrogens is 1820 g/mol. The van der Waals surface area contributed by atoms with E-state index in [4.69, 9.17) is 18.9 Å². The first-order valence-electron chi connectivity index (χ1n) is 58.9. The minimum Gasteiger partial charge on any atom is -0.493 e. The molecule has 4 heteroatoms. The van der Waals surface area contributed by atoms with E-state index in [0.717, 1.165) is 132 Å². The second-order valence-corrected chi connectivity index (χ2v) is 50.2. The quantitative estimate of drug-likeness (QED) is 0.164. The molecule has 0 N–H and O–H groups in total. The second-order valence-electron chi connectivity index (χ2n) is 50.2. The molecule has 0 saturated carbocycles. The van der Waals surface area contributed by atoms with Crippen LogP contribution in [0.15, 0.2) is 218 Å². The summed E-state index contributed by atoms with van der Waals surface area (Å²) in [6.45, 7) is 82.9. The lowest BCUT2D eigenvalue weighted by atomic mass is 9.77. The Bertz CT molecular complexity index is 5990. The SMILES string of the molecule is CC[C@H]1Cc2ccc(C)cc2[C@@H]1C.Cc1ccc2c(c1)C[C@H](C)[C@H]2C.Cc1ccc2c(c1)[C@@H](C)[C@H](C)C2.Cc1ccc2c(c1)[C@H](C)C[C@@H](C)C2.Cc1ccc2c(c1)[C@H](C)C[C@@H](C)O2.Cc1ccc2c(c1)[C@H](C)[C@@H](C)C2.Cc1ccc2c(c1)[C@H](C)[C@@H](C)CC2.Cc1ccc2c(c1)[C@H](C)[C@@H](C)CO2.Cc1ccc2c(c1)[C@H](C)[C@@H](C)O2.Cc1ccc2c(c1)[C@H](C)[C@@H](C)OC2.Cc1ccc2c(c1)[C@H](C)[C@H](C)C2.Cc1cccc2c1[C@H](C)[C@@H](C)C2. The molecule has 4 heterocycles. The molecule has 24 rings (SSSR count). The molecule has 0 amide bonds. The molecule has 0 saturated heterocycles. The number of hydrogen-bond donors (Lipinski definition) is 0. The van der Waals surface area contributed by atoms with Crippen molar-refractivity contribution >= 4 is 0 Å². The minimum atomic E-state index is 0.335. The standard InChI is InChI=1S/3C13H18.3C12H16O.5C12H16.C11H14O/c1-9-4-6-12-7-5-10(2)11(3)13(12)8-9;1-9-4-5-12-7-10(2)6-11(3)13(12)8-9;1-4-11-8-12-6-5-9(2)7-13(12)10(11)3;1-8-4-5-11-7-13-10(3)9(2)12(11)6-8;1-8-4-5-12-11(6-8)10(3)9(2)7-13-12;1-8-4-5-12-11(6-8)9(2)7-10(3)13-12;1-8-4-5-12-10(3)9(2)7-11(12)6-8;3*1-8-4-5-11-7-9(2)10(3)12(11)6-8;1-8-5-4-6-11-7-9(2)10(3)12(8)11;1-7-4-5-11-10(6-7)8(2)9(3)12-11/h4,6,8,10-11H,5,7H2,1-3H3;4-5,8,10-11H,6-7H2,1-3H3;5-7,10-11H,4,8H2,1-3H3;3*4-6,9-10H,7H2,1-3H3;5*4-6,9-10H,7H2,1-3H3;4-6,8-9H,1-3H3/t10-,11+;10-,11-;10-,11+;9-,10-;9-,10+;9-,10-;3*9-,10+;9-,10-;9-,10+;8-,9-/m011101010101/s1. The van der Waals surface area contributed by atoms with Gasteiger partial charge in [0.1, 0.15) is 23.4 Å². The maximum absolute atomic E-state index is 5.76. The zero-order valence-corrected chi connectivity index (χ0v) is 100. The number of fused-ring (bicyclic) bond motifs is 12. The second kappa shape index (κ2) is 52.8. The molecule has 0 radical (unpaired) electrons. The van der Waals surface area contributed by atoms with E-state index in [2.05, 4.69) is 468 Å². The van der Waals surface area contributed by atoms with Crippen LogP contribution in [0.3, 0.4) is 0 Å². The zero-order chi connectivity index (χ0) is 109. The third kappa shape index (κ3) is 29.6. The minimum absolute atomic E-state index is 0.335. The molecule has 804 valence electrons. The molecule has 0 bridgehead atoms. The van der Waals surface area contributed by atoms with Gasteiger partial charge in [-0.05, 0) is 422 Å². The van der Waals surface area contributed by atoms with Crippen LogP contribution in [0.25, 0.3) is 0 Å². The normalized spacial score (nSPS) is 26.9. The van der Waals surface area contributed by atoms with Crippen LogP contribution in [-0.2, 0) is 62.7 Å². The molecule has 12 aliphatic rings. The number of ether oxygens (including phenoxy) is 4. The summed E-state index contributed by atoms with van der Waals surface area (Å²) < 4.78 is 22.7. The molecule has 4 aliphatic heterocycles. The topological polar surface area (TPSA) is 36.9 Å². The molecule has 8 aliphatic carbocycles. The fraction of sp³-hybridized carbons (Fsp3) is 0.507. The van der Waals surface area contributed by atoms with Crippen molar-refractivity contribution in [3.8, 4) is 17.2 Å². The van der Waals surface area contributed by atoms with Crippen molar-refractivity contribution < 1.29 is 18.9 Å². The Hall–Kier alpha value is -10.0. The van der Waals surface area contributed by atoms with Crippen LogP contribution in [0.2, 0.25) is 0 Å². The van der Waals surface area contributed by atoms with Gasteiger partial charge in [-0.1, -0.05) is 413 Å². The molecule has 0 fully saturated rings. The lowest BCUT2D eigenvalue weighted by Crippen LogP contribution is -2.23. The van der Waals surface area contributed by atoms with Crippen LogP contribution in [0.1, 0.15) is 446 Å². The van der Waals surface area contributed by atoms with E-state index >= 15 is 0 Å². The summed E-state index contributed by atoms with van der Waals surface area (Å²) in [7, 11) is 0. The first-order valence-corrected chi connectivity index (χ1v) is 58.9. The highest BCUT2D eigenvalue weighted by Crippen LogP contribution is 2.48. The summed E-state index contributed by atoms with van der Waals surface area (Å²) in [6, 6.07) is 80.9. The van der Waals surface area contributed by atoms with E-state index in [0.29, 0.717) is 47.9 Å². The lowest BCUT2D eigenvalue weighted by Gasteiger charge is -2.29. The molecule has 0 unspecified atom stereocenters. The Morgan fingerprint density at radius 3 is 1.07 bits per heavy atom. The molecule has 0 aromatic heterocycles. The van der Waals surface area contributed by atoms with Gasteiger partial charge in [0.25, 0.3) is 0 Å². The fourth-order valence-electron chi connectivity index (χ4n) is 25.9. The van der Waals surface area contributed by atoms with Crippen molar-refractivity contribution in [1.82, 2.24) is 0 Å². The van der Waals surface area contributed by atoms with Crippen molar-refractivity contribution in [3.05, 3.63) is 402 Å². The molecular formula is C146H196O4. The highest BCUT2D eigenvalue weighted by molar-refractivity contribution is 5.49. The van der Waals surface area contributed by atoms with Crippen LogP contribution in [-0.4, -0.2) is 24.9 Å². The highest BCUT2D eigenvalue weighted by Gasteiger charge is 2.35. The van der Waals surface area contributed by atoms with Crippen LogP contribution < -0.4 is 14.2 Å². The van der Waals surface area contributed by atoms with Crippen LogP contribution >= 0.6 is 0 Å². The van der Waals surface area contributed by atoms with E-state index < -0.39 is 0 Å². The summed E-state index contributed by atoms with van der Waals surface area (Å²) in [5, 5.41) is 0. The summed E-state index contributed by atoms with van der Waals surface area (Å²) in [5.74, 6) is 19.1. The smallest absolute Gasteiger partial charge is 0.123 e. The van der Waals surface area contributed by atoms with Crippen molar-refractivity contribution in [2.45, 2.75) is 422 Å². The van der Waals surface area contributed by atoms with E-state index in [1.54, 1.807) is 89.0 Å². The number of benzene rings is 12. The highest BCUT2D eigenvalue weighted by atomic mass is 16.5. The monoisotopic (exact) mass is 2010 g/mol. The molecule has 4 nitrogen and oxygen atoms in total. The van der Waals surface area contributed by atoms with Crippen LogP contribution in [0.4, 0.5) is 0 Å². The average Bonchev–Trinajstić information content (AvgIpc) is 1.20. The van der Waals surface area contributed by atoms with Gasteiger partial charge in [-0.2, -0.15) is 0 Å². The Balaban J connectivity index is 0.000000136. The van der Waals surface area contributed by atoms with Gasteiger partial charge in [-0.25, -0.2) is 0 Å². The predicted octanol–water partition coefficient (Wildman–Crippen LogP) is 39.8. The van der Waals surface area contributed by atoms with E-state index in [-0.39, 0.29) is 0 Å². The van der Waals surface area contributed by atoms with Crippen molar-refractivity contribution in [2.24, 2.45) is 53.3 Å².